The second-order valence-electron chi connectivity index (χ2n) is 3.60. The number of nitrogens with one attached hydrogen (secondary N) is 1. The summed E-state index contributed by atoms with van der Waals surface area (Å²) in [4.78, 5) is 18.1. The number of fused-ring (bicyclic) bond motifs is 1. The molecule has 1 aromatic carbocycles. The third-order valence-corrected chi connectivity index (χ3v) is 3.34. The fourth-order valence-corrected chi connectivity index (χ4v) is 2.06. The highest BCUT2D eigenvalue weighted by atomic mass is 35.5. The van der Waals surface area contributed by atoms with Gasteiger partial charge < -0.3 is 4.98 Å². The molecule has 2 heterocycles. The fourth-order valence-electron chi connectivity index (χ4n) is 1.69. The molecule has 2 aromatic heterocycles. The van der Waals surface area contributed by atoms with Crippen molar-refractivity contribution in [2.75, 3.05) is 0 Å². The Hall–Kier alpha value is -1.85. The lowest BCUT2D eigenvalue weighted by Gasteiger charge is -2.05. The molecule has 0 bridgehead atoms. The lowest BCUT2D eigenvalue weighted by atomic mass is 10.3. The summed E-state index contributed by atoms with van der Waals surface area (Å²) >= 11 is 12.1. The zero-order chi connectivity index (χ0) is 12.7. The van der Waals surface area contributed by atoms with Gasteiger partial charge in [0.05, 0.1) is 28.3 Å². The van der Waals surface area contributed by atoms with Crippen molar-refractivity contribution in [3.05, 3.63) is 51.1 Å². The number of aromatic nitrogens is 4. The SMILES string of the molecule is O=c1[nH]cnc2c1cnn2-c1cccc(Cl)c1Cl. The van der Waals surface area contributed by atoms with Crippen LogP contribution in [0.1, 0.15) is 0 Å². The first kappa shape index (κ1) is 11.3. The molecule has 5 nitrogen and oxygen atoms in total. The summed E-state index contributed by atoms with van der Waals surface area (Å²) in [6.45, 7) is 0. The van der Waals surface area contributed by atoms with E-state index < -0.39 is 0 Å². The molecule has 0 amide bonds. The maximum absolute atomic E-state index is 11.6. The molecule has 90 valence electrons. The van der Waals surface area contributed by atoms with Gasteiger partial charge in [-0.3, -0.25) is 4.79 Å². The van der Waals surface area contributed by atoms with Crippen LogP contribution in [0, 0.1) is 0 Å². The van der Waals surface area contributed by atoms with E-state index in [1.54, 1.807) is 18.2 Å². The van der Waals surface area contributed by atoms with Gasteiger partial charge in [0.2, 0.25) is 0 Å². The van der Waals surface area contributed by atoms with Gasteiger partial charge in [0.15, 0.2) is 5.65 Å². The molecule has 18 heavy (non-hydrogen) atoms. The summed E-state index contributed by atoms with van der Waals surface area (Å²) in [5.41, 5.74) is 0.768. The van der Waals surface area contributed by atoms with Crippen molar-refractivity contribution in [1.82, 2.24) is 19.7 Å². The minimum Gasteiger partial charge on any atom is -0.312 e. The topological polar surface area (TPSA) is 63.6 Å². The van der Waals surface area contributed by atoms with Crippen molar-refractivity contribution in [2.45, 2.75) is 0 Å². The molecule has 0 saturated heterocycles. The van der Waals surface area contributed by atoms with Crippen LogP contribution in [0.15, 0.2) is 35.5 Å². The smallest absolute Gasteiger partial charge is 0.261 e. The van der Waals surface area contributed by atoms with Crippen LogP contribution in [0.3, 0.4) is 0 Å². The summed E-state index contributed by atoms with van der Waals surface area (Å²) in [5, 5.41) is 5.30. The Balaban J connectivity index is 2.36. The van der Waals surface area contributed by atoms with E-state index in [4.69, 9.17) is 23.2 Å². The highest BCUT2D eigenvalue weighted by Crippen LogP contribution is 2.29. The van der Waals surface area contributed by atoms with E-state index in [-0.39, 0.29) is 5.56 Å². The first-order valence-corrected chi connectivity index (χ1v) is 5.80. The second-order valence-corrected chi connectivity index (χ2v) is 4.38. The number of aromatic amines is 1. The van der Waals surface area contributed by atoms with Gasteiger partial charge in [-0.2, -0.15) is 5.10 Å². The van der Waals surface area contributed by atoms with Gasteiger partial charge >= 0.3 is 0 Å². The Bertz CT molecular complexity index is 793. The Morgan fingerprint density at radius 1 is 1.28 bits per heavy atom. The van der Waals surface area contributed by atoms with Crippen LogP contribution < -0.4 is 5.56 Å². The molecular weight excluding hydrogens is 275 g/mol. The molecular formula is C11H6Cl2N4O. The molecule has 0 fully saturated rings. The minimum atomic E-state index is -0.246. The largest absolute Gasteiger partial charge is 0.312 e. The first-order valence-electron chi connectivity index (χ1n) is 5.04. The van der Waals surface area contributed by atoms with E-state index in [1.807, 2.05) is 0 Å². The van der Waals surface area contributed by atoms with Crippen LogP contribution in [0.4, 0.5) is 0 Å². The van der Waals surface area contributed by atoms with Crippen molar-refractivity contribution in [3.63, 3.8) is 0 Å². The van der Waals surface area contributed by atoms with E-state index in [1.165, 1.54) is 17.2 Å². The maximum Gasteiger partial charge on any atom is 0.261 e. The Morgan fingerprint density at radius 2 is 2.11 bits per heavy atom. The molecule has 0 saturated carbocycles. The van der Waals surface area contributed by atoms with Crippen molar-refractivity contribution in [3.8, 4) is 5.69 Å². The third kappa shape index (κ3) is 1.60. The average molecular weight is 281 g/mol. The Morgan fingerprint density at radius 3 is 2.94 bits per heavy atom. The zero-order valence-corrected chi connectivity index (χ0v) is 10.4. The highest BCUT2D eigenvalue weighted by molar-refractivity contribution is 6.43. The zero-order valence-electron chi connectivity index (χ0n) is 8.89. The van der Waals surface area contributed by atoms with Crippen LogP contribution >= 0.6 is 23.2 Å². The summed E-state index contributed by atoms with van der Waals surface area (Å²) in [6.07, 6.45) is 2.76. The van der Waals surface area contributed by atoms with Gasteiger partial charge in [-0.15, -0.1) is 0 Å². The van der Waals surface area contributed by atoms with Gasteiger partial charge in [-0.05, 0) is 12.1 Å². The first-order chi connectivity index (χ1) is 8.68. The fraction of sp³-hybridized carbons (Fsp3) is 0. The van der Waals surface area contributed by atoms with E-state index in [0.717, 1.165) is 0 Å². The summed E-state index contributed by atoms with van der Waals surface area (Å²) in [6, 6.07) is 5.19. The monoisotopic (exact) mass is 280 g/mol. The van der Waals surface area contributed by atoms with Gasteiger partial charge in [0, 0.05) is 0 Å². The number of halogens is 2. The molecule has 0 aliphatic heterocycles. The molecule has 0 unspecified atom stereocenters. The molecule has 0 radical (unpaired) electrons. The van der Waals surface area contributed by atoms with Crippen molar-refractivity contribution >= 4 is 34.2 Å². The molecule has 0 spiro atoms. The molecule has 1 N–H and O–H groups in total. The van der Waals surface area contributed by atoms with Crippen molar-refractivity contribution < 1.29 is 0 Å². The predicted molar refractivity (Wildman–Crippen MR) is 69.5 cm³/mol. The normalized spacial score (nSPS) is 11.0. The Labute approximate surface area is 111 Å². The molecule has 0 aliphatic rings. The van der Waals surface area contributed by atoms with E-state index in [0.29, 0.717) is 26.8 Å². The number of H-pyrrole nitrogens is 1. The van der Waals surface area contributed by atoms with Crippen LogP contribution in [-0.4, -0.2) is 19.7 Å². The lowest BCUT2D eigenvalue weighted by molar-refractivity contribution is 0.895. The summed E-state index contributed by atoms with van der Waals surface area (Å²) < 4.78 is 1.48. The maximum atomic E-state index is 11.6. The number of rotatable bonds is 1. The molecule has 7 heteroatoms. The summed E-state index contributed by atoms with van der Waals surface area (Å²) in [7, 11) is 0. The van der Waals surface area contributed by atoms with Crippen LogP contribution in [0.2, 0.25) is 10.0 Å². The molecule has 0 aliphatic carbocycles. The van der Waals surface area contributed by atoms with Gasteiger partial charge in [0.1, 0.15) is 5.39 Å². The van der Waals surface area contributed by atoms with Crippen molar-refractivity contribution in [1.29, 1.82) is 0 Å². The third-order valence-electron chi connectivity index (χ3n) is 2.53. The van der Waals surface area contributed by atoms with E-state index in [2.05, 4.69) is 15.1 Å². The Kier molecular flexibility index (Phi) is 2.57. The number of benzene rings is 1. The quantitative estimate of drug-likeness (QED) is 0.745. The lowest BCUT2D eigenvalue weighted by Crippen LogP contribution is -2.06. The van der Waals surface area contributed by atoms with Crippen LogP contribution in [0.5, 0.6) is 0 Å². The van der Waals surface area contributed by atoms with Gasteiger partial charge in [-0.1, -0.05) is 29.3 Å². The number of hydrogen-bond donors (Lipinski definition) is 1. The molecule has 0 atom stereocenters. The molecule has 3 aromatic rings. The van der Waals surface area contributed by atoms with Gasteiger partial charge in [-0.25, -0.2) is 9.67 Å². The van der Waals surface area contributed by atoms with E-state index in [9.17, 15) is 4.79 Å². The van der Waals surface area contributed by atoms with Gasteiger partial charge in [0.25, 0.3) is 5.56 Å². The molecule has 3 rings (SSSR count). The van der Waals surface area contributed by atoms with Crippen LogP contribution in [0.25, 0.3) is 16.7 Å². The summed E-state index contributed by atoms with van der Waals surface area (Å²) in [5.74, 6) is 0. The van der Waals surface area contributed by atoms with E-state index >= 15 is 0 Å². The number of hydrogen-bond acceptors (Lipinski definition) is 3. The number of nitrogens with zero attached hydrogens (tertiary/aromatic N) is 3. The second kappa shape index (κ2) is 4.12. The average Bonchev–Trinajstić information content (AvgIpc) is 2.78. The van der Waals surface area contributed by atoms with Crippen molar-refractivity contribution in [2.24, 2.45) is 0 Å². The minimum absolute atomic E-state index is 0.246. The predicted octanol–water partition coefficient (Wildman–Crippen LogP) is 2.42. The van der Waals surface area contributed by atoms with Crippen LogP contribution in [-0.2, 0) is 0 Å². The standard InChI is InChI=1S/C11H6Cl2N4O/c12-7-2-1-3-8(9(7)13)17-10-6(4-16-17)11(18)15-5-14-10/h1-5H,(H,14,15,18). The highest BCUT2D eigenvalue weighted by Gasteiger charge is 2.12.